The molecule has 1 aliphatic rings. The number of likely N-dealkylation sites (N-methyl/N-ethyl adjacent to an activating group) is 1. The Balaban J connectivity index is 1.64. The quantitative estimate of drug-likeness (QED) is 0.456. The number of carbonyl (C=O) groups is 2. The van der Waals surface area contributed by atoms with Gasteiger partial charge in [0.05, 0.1) is 31.9 Å². The number of para-hydroxylation sites is 1. The lowest BCUT2D eigenvalue weighted by atomic mass is 9.79. The van der Waals surface area contributed by atoms with E-state index in [4.69, 9.17) is 9.47 Å². The molecular weight excluding hydrogens is 430 g/mol. The zero-order valence-corrected chi connectivity index (χ0v) is 19.2. The first-order valence-corrected chi connectivity index (χ1v) is 11.0. The highest BCUT2D eigenvalue weighted by Gasteiger charge is 2.43. The third-order valence-electron chi connectivity index (χ3n) is 6.47. The molecule has 2 atom stereocenters. The van der Waals surface area contributed by atoms with Gasteiger partial charge in [-0.15, -0.1) is 0 Å². The van der Waals surface area contributed by atoms with Crippen molar-refractivity contribution in [3.8, 4) is 11.5 Å². The Labute approximate surface area is 197 Å². The van der Waals surface area contributed by atoms with E-state index in [-0.39, 0.29) is 11.8 Å². The van der Waals surface area contributed by atoms with Crippen molar-refractivity contribution in [1.29, 1.82) is 0 Å². The Bertz CT molecular complexity index is 1390. The number of aromatic amines is 1. The minimum absolute atomic E-state index is 0.117. The molecule has 172 valence electrons. The lowest BCUT2D eigenvalue weighted by Crippen LogP contribution is -2.44. The van der Waals surface area contributed by atoms with Crippen molar-refractivity contribution in [3.05, 3.63) is 89.6 Å². The monoisotopic (exact) mass is 455 g/mol. The summed E-state index contributed by atoms with van der Waals surface area (Å²) in [4.78, 5) is 32.2. The van der Waals surface area contributed by atoms with Gasteiger partial charge in [-0.3, -0.25) is 9.59 Å². The second kappa shape index (κ2) is 8.59. The number of nitrogens with one attached hydrogen (secondary N) is 2. The number of amides is 2. The van der Waals surface area contributed by atoms with Gasteiger partial charge in [0.25, 0.3) is 5.91 Å². The smallest absolute Gasteiger partial charge is 0.254 e. The maximum absolute atomic E-state index is 13.9. The van der Waals surface area contributed by atoms with Crippen LogP contribution in [0.1, 0.15) is 33.4 Å². The summed E-state index contributed by atoms with van der Waals surface area (Å²) in [6, 6.07) is 19.9. The molecule has 1 aliphatic heterocycles. The third-order valence-corrected chi connectivity index (χ3v) is 6.47. The molecule has 1 aromatic heterocycles. The summed E-state index contributed by atoms with van der Waals surface area (Å²) < 4.78 is 10.8. The van der Waals surface area contributed by atoms with Crippen molar-refractivity contribution in [1.82, 2.24) is 9.88 Å². The number of fused-ring (bicyclic) bond motifs is 2. The highest BCUT2D eigenvalue weighted by molar-refractivity contribution is 6.05. The number of methoxy groups -OCH3 is 2. The van der Waals surface area contributed by atoms with Crippen LogP contribution >= 0.6 is 0 Å². The number of H-pyrrole nitrogens is 1. The van der Waals surface area contributed by atoms with Crippen LogP contribution in [0.4, 0.5) is 5.69 Å². The fourth-order valence-corrected chi connectivity index (χ4v) is 4.81. The number of nitrogens with zero attached hydrogens (tertiary/aromatic N) is 1. The van der Waals surface area contributed by atoms with E-state index in [0.29, 0.717) is 28.3 Å². The highest BCUT2D eigenvalue weighted by Crippen LogP contribution is 2.45. The number of benzene rings is 3. The number of aromatic nitrogens is 1. The van der Waals surface area contributed by atoms with Crippen LogP contribution < -0.4 is 14.8 Å². The van der Waals surface area contributed by atoms with Crippen molar-refractivity contribution in [3.63, 3.8) is 0 Å². The van der Waals surface area contributed by atoms with E-state index in [1.807, 2.05) is 48.7 Å². The van der Waals surface area contributed by atoms with Crippen LogP contribution in [0.5, 0.6) is 11.5 Å². The maximum atomic E-state index is 13.9. The summed E-state index contributed by atoms with van der Waals surface area (Å²) in [5.41, 5.74) is 3.56. The van der Waals surface area contributed by atoms with Crippen LogP contribution in [-0.4, -0.2) is 43.0 Å². The van der Waals surface area contributed by atoms with Gasteiger partial charge in [0.15, 0.2) is 0 Å². The number of ether oxygens (including phenoxy) is 2. The standard InChI is InChI=1S/C27H25N3O4/c1-30-25(20-15-28-21-11-7-6-8-17(20)21)24(18-9-4-5-10-19(18)27(30)32)26(31)29-22-14-16(33-2)12-13-23(22)34-3/h4-15,24-25,28H,1-3H3,(H,29,31)/t24-,25-/m1/s1. The zero-order chi connectivity index (χ0) is 23.8. The molecule has 0 radical (unpaired) electrons. The van der Waals surface area contributed by atoms with Crippen molar-refractivity contribution >= 4 is 28.4 Å². The van der Waals surface area contributed by atoms with Gasteiger partial charge >= 0.3 is 0 Å². The minimum atomic E-state index is -0.644. The Morgan fingerprint density at radius 1 is 0.971 bits per heavy atom. The van der Waals surface area contributed by atoms with Crippen LogP contribution in [0.25, 0.3) is 10.9 Å². The maximum Gasteiger partial charge on any atom is 0.254 e. The summed E-state index contributed by atoms with van der Waals surface area (Å²) in [7, 11) is 4.87. The van der Waals surface area contributed by atoms with Gasteiger partial charge < -0.3 is 24.7 Å². The normalized spacial score (nSPS) is 17.4. The average molecular weight is 456 g/mol. The van der Waals surface area contributed by atoms with E-state index in [9.17, 15) is 9.59 Å². The Kier molecular flexibility index (Phi) is 5.45. The van der Waals surface area contributed by atoms with Crippen LogP contribution in [0, 0.1) is 0 Å². The molecule has 4 aromatic rings. The van der Waals surface area contributed by atoms with Crippen molar-refractivity contribution in [2.24, 2.45) is 0 Å². The first-order chi connectivity index (χ1) is 16.5. The Hall–Kier alpha value is -4.26. The summed E-state index contributed by atoms with van der Waals surface area (Å²) in [6.45, 7) is 0. The fraction of sp³-hybridized carbons (Fsp3) is 0.185. The van der Waals surface area contributed by atoms with Crippen molar-refractivity contribution in [2.75, 3.05) is 26.6 Å². The van der Waals surface area contributed by atoms with E-state index < -0.39 is 12.0 Å². The number of hydrogen-bond acceptors (Lipinski definition) is 4. The second-order valence-electron chi connectivity index (χ2n) is 8.27. The summed E-state index contributed by atoms with van der Waals surface area (Å²) in [6.07, 6.45) is 1.89. The molecule has 0 spiro atoms. The van der Waals surface area contributed by atoms with Crippen LogP contribution in [-0.2, 0) is 4.79 Å². The van der Waals surface area contributed by atoms with Gasteiger partial charge in [0.1, 0.15) is 11.5 Å². The molecule has 2 heterocycles. The van der Waals surface area contributed by atoms with Gasteiger partial charge in [0, 0.05) is 41.3 Å². The second-order valence-corrected chi connectivity index (χ2v) is 8.27. The molecule has 2 amide bonds. The lowest BCUT2D eigenvalue weighted by Gasteiger charge is -2.39. The number of rotatable bonds is 5. The largest absolute Gasteiger partial charge is 0.497 e. The SMILES string of the molecule is COc1ccc(OC)c(NC(=O)[C@@H]2c3ccccc3C(=O)N(C)[C@@H]2c2c[nH]c3ccccc23)c1. The molecule has 0 saturated carbocycles. The van der Waals surface area contributed by atoms with Crippen LogP contribution in [0.15, 0.2) is 72.9 Å². The van der Waals surface area contributed by atoms with Crippen molar-refractivity contribution < 1.29 is 19.1 Å². The minimum Gasteiger partial charge on any atom is -0.497 e. The van der Waals surface area contributed by atoms with Gasteiger partial charge in [-0.2, -0.15) is 0 Å². The Morgan fingerprint density at radius 2 is 1.74 bits per heavy atom. The molecule has 0 fully saturated rings. The Morgan fingerprint density at radius 3 is 2.53 bits per heavy atom. The molecule has 0 aliphatic carbocycles. The zero-order valence-electron chi connectivity index (χ0n) is 19.2. The summed E-state index contributed by atoms with van der Waals surface area (Å²) in [5, 5.41) is 4.01. The molecule has 7 heteroatoms. The van der Waals surface area contributed by atoms with Crippen molar-refractivity contribution in [2.45, 2.75) is 12.0 Å². The molecular formula is C27H25N3O4. The first kappa shape index (κ1) is 21.6. The van der Waals surface area contributed by atoms with Gasteiger partial charge in [-0.25, -0.2) is 0 Å². The van der Waals surface area contributed by atoms with E-state index in [2.05, 4.69) is 10.3 Å². The predicted octanol–water partition coefficient (Wildman–Crippen LogP) is 4.73. The van der Waals surface area contributed by atoms with E-state index >= 15 is 0 Å². The van der Waals surface area contributed by atoms with E-state index in [0.717, 1.165) is 16.5 Å². The van der Waals surface area contributed by atoms with Crippen LogP contribution in [0.3, 0.4) is 0 Å². The van der Waals surface area contributed by atoms with Gasteiger partial charge in [0.2, 0.25) is 5.91 Å². The predicted molar refractivity (Wildman–Crippen MR) is 130 cm³/mol. The van der Waals surface area contributed by atoms with Gasteiger partial charge in [-0.05, 0) is 29.8 Å². The molecule has 0 bridgehead atoms. The summed E-state index contributed by atoms with van der Waals surface area (Å²) in [5.74, 6) is 0.114. The highest BCUT2D eigenvalue weighted by atomic mass is 16.5. The molecule has 0 unspecified atom stereocenters. The molecule has 5 rings (SSSR count). The summed E-state index contributed by atoms with van der Waals surface area (Å²) >= 11 is 0. The van der Waals surface area contributed by atoms with E-state index in [1.54, 1.807) is 50.4 Å². The molecule has 2 N–H and O–H groups in total. The number of carbonyl (C=O) groups excluding carboxylic acids is 2. The molecule has 3 aromatic carbocycles. The number of anilines is 1. The van der Waals surface area contributed by atoms with E-state index in [1.165, 1.54) is 0 Å². The lowest BCUT2D eigenvalue weighted by molar-refractivity contribution is -0.119. The topological polar surface area (TPSA) is 83.7 Å². The molecule has 7 nitrogen and oxygen atoms in total. The third kappa shape index (κ3) is 3.46. The first-order valence-electron chi connectivity index (χ1n) is 11.0. The fourth-order valence-electron chi connectivity index (χ4n) is 4.81. The molecule has 34 heavy (non-hydrogen) atoms. The van der Waals surface area contributed by atoms with Crippen LogP contribution in [0.2, 0.25) is 0 Å². The molecule has 0 saturated heterocycles. The van der Waals surface area contributed by atoms with Gasteiger partial charge in [-0.1, -0.05) is 36.4 Å². The average Bonchev–Trinajstić information content (AvgIpc) is 3.29. The number of hydrogen-bond donors (Lipinski definition) is 2.